The number of nitrogens with one attached hydrogen (secondary N) is 2. The molecule has 0 radical (unpaired) electrons. The lowest BCUT2D eigenvalue weighted by Crippen LogP contribution is -2.35. The van der Waals surface area contributed by atoms with Gasteiger partial charge in [-0.1, -0.05) is 30.3 Å². The van der Waals surface area contributed by atoms with Crippen molar-refractivity contribution >= 4 is 11.6 Å². The molecule has 0 aromatic heterocycles. The van der Waals surface area contributed by atoms with Crippen LogP contribution in [0.25, 0.3) is 0 Å². The number of halogens is 2. The van der Waals surface area contributed by atoms with Crippen molar-refractivity contribution in [1.82, 2.24) is 5.32 Å². The Balaban J connectivity index is 1.41. The Hall–Kier alpha value is -2.51. The maximum absolute atomic E-state index is 13.2. The van der Waals surface area contributed by atoms with Crippen LogP contribution in [-0.4, -0.2) is 37.6 Å². The van der Waals surface area contributed by atoms with Crippen molar-refractivity contribution in [2.75, 3.05) is 25.1 Å². The van der Waals surface area contributed by atoms with Crippen molar-refractivity contribution < 1.29 is 23.0 Å². The summed E-state index contributed by atoms with van der Waals surface area (Å²) in [5.74, 6) is -2.50. The van der Waals surface area contributed by atoms with Gasteiger partial charge in [-0.15, -0.1) is 0 Å². The molecule has 7 heteroatoms. The van der Waals surface area contributed by atoms with E-state index >= 15 is 0 Å². The SMILES string of the molecule is O=C(Nc1cccc(COCCOc2ccccc2)c1)C1CC(F)(F)CN1. The van der Waals surface area contributed by atoms with Gasteiger partial charge in [0.1, 0.15) is 12.4 Å². The van der Waals surface area contributed by atoms with Gasteiger partial charge in [-0.2, -0.15) is 0 Å². The van der Waals surface area contributed by atoms with Gasteiger partial charge in [-0.3, -0.25) is 10.1 Å². The lowest BCUT2D eigenvalue weighted by Gasteiger charge is -2.12. The smallest absolute Gasteiger partial charge is 0.262 e. The maximum atomic E-state index is 13.2. The van der Waals surface area contributed by atoms with Crippen LogP contribution < -0.4 is 15.4 Å². The molecule has 2 aromatic rings. The van der Waals surface area contributed by atoms with Crippen LogP contribution in [0.4, 0.5) is 14.5 Å². The fourth-order valence-electron chi connectivity index (χ4n) is 2.79. The Labute approximate surface area is 156 Å². The van der Waals surface area contributed by atoms with E-state index in [9.17, 15) is 13.6 Å². The van der Waals surface area contributed by atoms with Crippen LogP contribution in [0.3, 0.4) is 0 Å². The van der Waals surface area contributed by atoms with Gasteiger partial charge in [0.15, 0.2) is 0 Å². The Bertz CT molecular complexity index is 756. The summed E-state index contributed by atoms with van der Waals surface area (Å²) in [4.78, 5) is 12.1. The molecule has 1 fully saturated rings. The number of anilines is 1. The second-order valence-electron chi connectivity index (χ2n) is 6.40. The molecule has 144 valence electrons. The van der Waals surface area contributed by atoms with Crippen molar-refractivity contribution in [3.63, 3.8) is 0 Å². The third-order valence-electron chi connectivity index (χ3n) is 4.13. The quantitative estimate of drug-likeness (QED) is 0.695. The molecule has 0 spiro atoms. The molecular weight excluding hydrogens is 354 g/mol. The molecule has 1 aliphatic rings. The van der Waals surface area contributed by atoms with E-state index in [2.05, 4.69) is 10.6 Å². The van der Waals surface area contributed by atoms with E-state index < -0.39 is 30.8 Å². The Morgan fingerprint density at radius 1 is 1.15 bits per heavy atom. The number of carbonyl (C=O) groups excluding carboxylic acids is 1. The minimum Gasteiger partial charge on any atom is -0.491 e. The van der Waals surface area contributed by atoms with E-state index in [1.54, 1.807) is 18.2 Å². The molecule has 5 nitrogen and oxygen atoms in total. The molecule has 1 atom stereocenters. The molecule has 1 amide bonds. The molecule has 27 heavy (non-hydrogen) atoms. The highest BCUT2D eigenvalue weighted by molar-refractivity contribution is 5.95. The van der Waals surface area contributed by atoms with E-state index in [1.807, 2.05) is 36.4 Å². The summed E-state index contributed by atoms with van der Waals surface area (Å²) in [6.07, 6.45) is -0.483. The first-order chi connectivity index (χ1) is 13.0. The summed E-state index contributed by atoms with van der Waals surface area (Å²) >= 11 is 0. The number of para-hydroxylation sites is 1. The number of hydrogen-bond donors (Lipinski definition) is 2. The topological polar surface area (TPSA) is 59.6 Å². The van der Waals surface area contributed by atoms with Gasteiger partial charge >= 0.3 is 0 Å². The zero-order valence-electron chi connectivity index (χ0n) is 14.8. The van der Waals surface area contributed by atoms with Gasteiger partial charge < -0.3 is 14.8 Å². The summed E-state index contributed by atoms with van der Waals surface area (Å²) in [5, 5.41) is 5.21. The molecule has 2 N–H and O–H groups in total. The standard InChI is InChI=1S/C20H22F2N2O3/c21-20(22)12-18(23-14-20)19(25)24-16-6-4-5-15(11-16)13-26-9-10-27-17-7-2-1-3-8-17/h1-8,11,18,23H,9-10,12-14H2,(H,24,25). The Morgan fingerprint density at radius 3 is 2.70 bits per heavy atom. The number of amides is 1. The summed E-state index contributed by atoms with van der Waals surface area (Å²) in [5.41, 5.74) is 1.43. The van der Waals surface area contributed by atoms with Gasteiger partial charge in [-0.25, -0.2) is 8.78 Å². The first-order valence-corrected chi connectivity index (χ1v) is 8.78. The summed E-state index contributed by atoms with van der Waals surface area (Å²) in [6.45, 7) is 0.750. The molecular formula is C20H22F2N2O3. The summed E-state index contributed by atoms with van der Waals surface area (Å²) < 4.78 is 37.5. The lowest BCUT2D eigenvalue weighted by atomic mass is 10.1. The van der Waals surface area contributed by atoms with Gasteiger partial charge in [0.2, 0.25) is 5.91 Å². The zero-order valence-corrected chi connectivity index (χ0v) is 14.8. The van der Waals surface area contributed by atoms with Crippen LogP contribution in [0.15, 0.2) is 54.6 Å². The number of carbonyl (C=O) groups is 1. The second-order valence-corrected chi connectivity index (χ2v) is 6.40. The van der Waals surface area contributed by atoms with Gasteiger partial charge in [0.25, 0.3) is 5.92 Å². The monoisotopic (exact) mass is 376 g/mol. The highest BCUT2D eigenvalue weighted by Crippen LogP contribution is 2.25. The molecule has 3 rings (SSSR count). The zero-order chi connectivity index (χ0) is 19.1. The molecule has 1 unspecified atom stereocenters. The predicted octanol–water partition coefficient (Wildman–Crippen LogP) is 3.22. The minimum absolute atomic E-state index is 0.363. The molecule has 0 saturated carbocycles. The van der Waals surface area contributed by atoms with Crippen LogP contribution in [0, 0.1) is 0 Å². The molecule has 1 heterocycles. The maximum Gasteiger partial charge on any atom is 0.262 e. The third kappa shape index (κ3) is 6.01. The average molecular weight is 376 g/mol. The number of benzene rings is 2. The van der Waals surface area contributed by atoms with Crippen LogP contribution in [0.1, 0.15) is 12.0 Å². The normalized spacial score (nSPS) is 18.2. The van der Waals surface area contributed by atoms with Crippen LogP contribution in [-0.2, 0) is 16.1 Å². The summed E-state index contributed by atoms with van der Waals surface area (Å²) in [6, 6.07) is 15.7. The lowest BCUT2D eigenvalue weighted by molar-refractivity contribution is -0.118. The fraction of sp³-hybridized carbons (Fsp3) is 0.350. The van der Waals surface area contributed by atoms with Crippen molar-refractivity contribution in [3.8, 4) is 5.75 Å². The van der Waals surface area contributed by atoms with Gasteiger partial charge in [0.05, 0.1) is 25.8 Å². The molecule has 2 aromatic carbocycles. The van der Waals surface area contributed by atoms with E-state index in [4.69, 9.17) is 9.47 Å². The Kier molecular flexibility index (Phi) is 6.36. The average Bonchev–Trinajstić information content (AvgIpc) is 3.03. The summed E-state index contributed by atoms with van der Waals surface area (Å²) in [7, 11) is 0. The Morgan fingerprint density at radius 2 is 1.96 bits per heavy atom. The van der Waals surface area contributed by atoms with E-state index in [1.165, 1.54) is 0 Å². The van der Waals surface area contributed by atoms with Crippen molar-refractivity contribution in [2.24, 2.45) is 0 Å². The molecule has 0 aliphatic carbocycles. The molecule has 0 bridgehead atoms. The van der Waals surface area contributed by atoms with Crippen molar-refractivity contribution in [2.45, 2.75) is 25.0 Å². The van der Waals surface area contributed by atoms with E-state index in [0.29, 0.717) is 25.5 Å². The fourth-order valence-corrected chi connectivity index (χ4v) is 2.79. The first-order valence-electron chi connectivity index (χ1n) is 8.78. The number of rotatable bonds is 8. The highest BCUT2D eigenvalue weighted by atomic mass is 19.3. The predicted molar refractivity (Wildman–Crippen MR) is 98.0 cm³/mol. The number of alkyl halides is 2. The van der Waals surface area contributed by atoms with E-state index in [0.717, 1.165) is 11.3 Å². The van der Waals surface area contributed by atoms with Crippen molar-refractivity contribution in [3.05, 3.63) is 60.2 Å². The number of ether oxygens (including phenoxy) is 2. The third-order valence-corrected chi connectivity index (χ3v) is 4.13. The van der Waals surface area contributed by atoms with Crippen molar-refractivity contribution in [1.29, 1.82) is 0 Å². The van der Waals surface area contributed by atoms with Crippen LogP contribution >= 0.6 is 0 Å². The second kappa shape index (κ2) is 8.92. The number of hydrogen-bond acceptors (Lipinski definition) is 4. The molecule has 1 saturated heterocycles. The van der Waals surface area contributed by atoms with Crippen LogP contribution in [0.2, 0.25) is 0 Å². The highest BCUT2D eigenvalue weighted by Gasteiger charge is 2.42. The largest absolute Gasteiger partial charge is 0.491 e. The van der Waals surface area contributed by atoms with Gasteiger partial charge in [0, 0.05) is 12.1 Å². The van der Waals surface area contributed by atoms with E-state index in [-0.39, 0.29) is 0 Å². The van der Waals surface area contributed by atoms with Crippen LogP contribution in [0.5, 0.6) is 5.75 Å². The first kappa shape index (κ1) is 19.3. The van der Waals surface area contributed by atoms with Gasteiger partial charge in [-0.05, 0) is 29.8 Å². The molecule has 1 aliphatic heterocycles. The minimum atomic E-state index is -2.83.